The minimum absolute atomic E-state index is 0.0583. The molecule has 4 aromatic rings. The smallest absolute Gasteiger partial charge is 0.242 e. The van der Waals surface area contributed by atoms with Crippen LogP contribution >= 0.6 is 23.4 Å². The van der Waals surface area contributed by atoms with Gasteiger partial charge in [-0.2, -0.15) is 0 Å². The maximum absolute atomic E-state index is 13.5. The molecular weight excluding hydrogens is 492 g/mol. The summed E-state index contributed by atoms with van der Waals surface area (Å²) in [5, 5.41) is 4.53. The molecule has 1 fully saturated rings. The first-order valence-electron chi connectivity index (χ1n) is 11.7. The Morgan fingerprint density at radius 2 is 1.89 bits per heavy atom. The van der Waals surface area contributed by atoms with Crippen LogP contribution in [0.1, 0.15) is 17.5 Å². The van der Waals surface area contributed by atoms with Crippen LogP contribution in [0.15, 0.2) is 84.0 Å². The fourth-order valence-electron chi connectivity index (χ4n) is 4.21. The van der Waals surface area contributed by atoms with Gasteiger partial charge in [-0.1, -0.05) is 65.3 Å². The Kier molecular flexibility index (Phi) is 7.11. The van der Waals surface area contributed by atoms with Gasteiger partial charge in [0.05, 0.1) is 10.7 Å². The van der Waals surface area contributed by atoms with E-state index in [2.05, 4.69) is 35.4 Å². The number of amides is 2. The molecule has 0 saturated carbocycles. The molecule has 36 heavy (non-hydrogen) atoms. The number of hydrogen-bond donors (Lipinski definition) is 2. The molecule has 3 aromatic carbocycles. The van der Waals surface area contributed by atoms with Gasteiger partial charge in [0.1, 0.15) is 5.25 Å². The lowest BCUT2D eigenvalue weighted by Crippen LogP contribution is -2.35. The number of fused-ring (bicyclic) bond motifs is 1. The van der Waals surface area contributed by atoms with Gasteiger partial charge in [0.25, 0.3) is 0 Å². The van der Waals surface area contributed by atoms with Crippen molar-refractivity contribution >= 4 is 62.6 Å². The predicted molar refractivity (Wildman–Crippen MR) is 148 cm³/mol. The largest absolute Gasteiger partial charge is 0.361 e. The molecule has 0 bridgehead atoms. The highest BCUT2D eigenvalue weighted by Gasteiger charge is 2.39. The van der Waals surface area contributed by atoms with E-state index in [0.29, 0.717) is 34.5 Å². The van der Waals surface area contributed by atoms with E-state index in [0.717, 1.165) is 16.5 Å². The number of para-hydroxylation sites is 2. The van der Waals surface area contributed by atoms with E-state index in [1.54, 1.807) is 11.0 Å². The van der Waals surface area contributed by atoms with E-state index in [-0.39, 0.29) is 18.2 Å². The molecule has 2 N–H and O–H groups in total. The average Bonchev–Trinajstić information content (AvgIpc) is 3.39. The maximum Gasteiger partial charge on any atom is 0.242 e. The van der Waals surface area contributed by atoms with Crippen molar-refractivity contribution in [3.05, 3.63) is 95.1 Å². The number of H-pyrrole nitrogens is 1. The summed E-state index contributed by atoms with van der Waals surface area (Å²) in [5.74, 6) is -0.330. The monoisotopic (exact) mass is 516 g/mol. The Labute approximate surface area is 218 Å². The molecular formula is C28H25ClN4O2S. The number of thioether (sulfide) groups is 1. The van der Waals surface area contributed by atoms with Gasteiger partial charge in [-0.25, -0.2) is 4.99 Å². The van der Waals surface area contributed by atoms with Crippen LogP contribution < -0.4 is 5.32 Å². The number of anilines is 1. The second kappa shape index (κ2) is 10.6. The number of hydrogen-bond acceptors (Lipinski definition) is 4. The highest BCUT2D eigenvalue weighted by atomic mass is 35.5. The van der Waals surface area contributed by atoms with Crippen molar-refractivity contribution in [3.63, 3.8) is 0 Å². The van der Waals surface area contributed by atoms with Crippen LogP contribution in [0.5, 0.6) is 0 Å². The van der Waals surface area contributed by atoms with E-state index < -0.39 is 5.25 Å². The van der Waals surface area contributed by atoms with Gasteiger partial charge >= 0.3 is 0 Å². The van der Waals surface area contributed by atoms with Crippen molar-refractivity contribution in [3.8, 4) is 0 Å². The number of nitrogens with one attached hydrogen (secondary N) is 2. The minimum atomic E-state index is -0.555. The number of amidine groups is 1. The van der Waals surface area contributed by atoms with Crippen LogP contribution in [0.3, 0.4) is 0 Å². The van der Waals surface area contributed by atoms with Crippen molar-refractivity contribution in [1.82, 2.24) is 9.88 Å². The summed E-state index contributed by atoms with van der Waals surface area (Å²) in [6, 6.07) is 22.8. The average molecular weight is 517 g/mol. The van der Waals surface area contributed by atoms with Crippen LogP contribution in [0, 0.1) is 6.92 Å². The third-order valence-corrected chi connectivity index (χ3v) is 7.54. The molecule has 1 saturated heterocycles. The molecule has 6 nitrogen and oxygen atoms in total. The lowest BCUT2D eigenvalue weighted by molar-refractivity contribution is -0.128. The van der Waals surface area contributed by atoms with Crippen LogP contribution in [-0.4, -0.2) is 38.7 Å². The number of benzene rings is 3. The van der Waals surface area contributed by atoms with Crippen molar-refractivity contribution < 1.29 is 9.59 Å². The number of aryl methyl sites for hydroxylation is 1. The van der Waals surface area contributed by atoms with Gasteiger partial charge in [0, 0.05) is 35.8 Å². The Morgan fingerprint density at radius 1 is 1.11 bits per heavy atom. The summed E-state index contributed by atoms with van der Waals surface area (Å²) < 4.78 is 0. The highest BCUT2D eigenvalue weighted by molar-refractivity contribution is 8.15. The third-order valence-electron chi connectivity index (χ3n) is 6.04. The molecule has 5 rings (SSSR count). The standard InChI is InChI=1S/C28H25ClN4O2S/c1-18-11-12-23-21(15-18)19(17-30-23)13-14-33-27(35)25(16-26(34)31-20-7-3-2-4-8-20)36-28(33)32-24-10-6-5-9-22(24)29/h2-12,15,17,25,30H,13-14,16H2,1H3,(H,31,34)/t25-/m1/s1. The topological polar surface area (TPSA) is 77.6 Å². The van der Waals surface area contributed by atoms with Gasteiger partial charge < -0.3 is 10.3 Å². The first-order chi connectivity index (χ1) is 17.5. The first-order valence-corrected chi connectivity index (χ1v) is 13.0. The summed E-state index contributed by atoms with van der Waals surface area (Å²) in [4.78, 5) is 35.9. The van der Waals surface area contributed by atoms with Crippen molar-refractivity contribution in [2.24, 2.45) is 4.99 Å². The number of rotatable bonds is 7. The van der Waals surface area contributed by atoms with Crippen LogP contribution in [-0.2, 0) is 16.0 Å². The fourth-order valence-corrected chi connectivity index (χ4v) is 5.56. The molecule has 0 aliphatic carbocycles. The number of carbonyl (C=O) groups excluding carboxylic acids is 2. The maximum atomic E-state index is 13.5. The second-order valence-electron chi connectivity index (χ2n) is 8.67. The Morgan fingerprint density at radius 3 is 2.69 bits per heavy atom. The highest BCUT2D eigenvalue weighted by Crippen LogP contribution is 2.34. The van der Waals surface area contributed by atoms with Gasteiger partial charge in [-0.3, -0.25) is 14.5 Å². The Bertz CT molecular complexity index is 1450. The first kappa shape index (κ1) is 24.2. The number of aromatic nitrogens is 1. The molecule has 0 spiro atoms. The molecule has 1 aliphatic rings. The van der Waals surface area contributed by atoms with Gasteiger partial charge in [-0.15, -0.1) is 0 Å². The summed E-state index contributed by atoms with van der Waals surface area (Å²) in [6.07, 6.45) is 2.70. The van der Waals surface area contributed by atoms with E-state index in [9.17, 15) is 9.59 Å². The van der Waals surface area contributed by atoms with Gasteiger partial charge in [0.2, 0.25) is 11.8 Å². The summed E-state index contributed by atoms with van der Waals surface area (Å²) in [6.45, 7) is 2.52. The number of carbonyl (C=O) groups is 2. The number of aliphatic imine (C=N–C) groups is 1. The molecule has 0 unspecified atom stereocenters. The zero-order chi connectivity index (χ0) is 25.1. The molecule has 0 radical (unpaired) electrons. The van der Waals surface area contributed by atoms with Gasteiger partial charge in [-0.05, 0) is 55.3 Å². The quantitative estimate of drug-likeness (QED) is 0.301. The van der Waals surface area contributed by atoms with Crippen LogP contribution in [0.4, 0.5) is 11.4 Å². The Hall–Kier alpha value is -3.55. The van der Waals surface area contributed by atoms with Crippen LogP contribution in [0.2, 0.25) is 5.02 Å². The van der Waals surface area contributed by atoms with Crippen LogP contribution in [0.25, 0.3) is 10.9 Å². The van der Waals surface area contributed by atoms with E-state index in [4.69, 9.17) is 16.6 Å². The van der Waals surface area contributed by atoms with Crippen molar-refractivity contribution in [2.45, 2.75) is 25.0 Å². The molecule has 2 amide bonds. The molecule has 1 aliphatic heterocycles. The molecule has 1 atom stereocenters. The second-order valence-corrected chi connectivity index (χ2v) is 10.3. The molecule has 8 heteroatoms. The Balaban J connectivity index is 1.37. The number of nitrogens with zero attached hydrogens (tertiary/aromatic N) is 2. The van der Waals surface area contributed by atoms with Gasteiger partial charge in [0.15, 0.2) is 5.17 Å². The fraction of sp³-hybridized carbons (Fsp3) is 0.179. The summed E-state index contributed by atoms with van der Waals surface area (Å²) >= 11 is 7.66. The predicted octanol–water partition coefficient (Wildman–Crippen LogP) is 6.33. The minimum Gasteiger partial charge on any atom is -0.361 e. The third kappa shape index (κ3) is 5.32. The number of aromatic amines is 1. The molecule has 2 heterocycles. The lowest BCUT2D eigenvalue weighted by atomic mass is 10.1. The molecule has 1 aromatic heterocycles. The zero-order valence-electron chi connectivity index (χ0n) is 19.7. The van der Waals surface area contributed by atoms with E-state index in [1.165, 1.54) is 17.3 Å². The van der Waals surface area contributed by atoms with E-state index >= 15 is 0 Å². The van der Waals surface area contributed by atoms with Crippen molar-refractivity contribution in [1.29, 1.82) is 0 Å². The van der Waals surface area contributed by atoms with Crippen molar-refractivity contribution in [2.75, 3.05) is 11.9 Å². The number of halogens is 1. The molecule has 182 valence electrons. The summed E-state index contributed by atoms with van der Waals surface area (Å²) in [5.41, 5.74) is 4.68. The van der Waals surface area contributed by atoms with E-state index in [1.807, 2.05) is 54.7 Å². The normalized spacial score (nSPS) is 16.7. The SMILES string of the molecule is Cc1ccc2[nH]cc(CCN3C(=O)[C@@H](CC(=O)Nc4ccccc4)SC3=Nc3ccccc3Cl)c2c1. The zero-order valence-corrected chi connectivity index (χ0v) is 21.3. The summed E-state index contributed by atoms with van der Waals surface area (Å²) in [7, 11) is 0. The lowest BCUT2D eigenvalue weighted by Gasteiger charge is -2.16.